The molecule has 0 spiro atoms. The van der Waals surface area contributed by atoms with Gasteiger partial charge in [0.25, 0.3) is 11.8 Å². The number of pyridine rings is 2. The van der Waals surface area contributed by atoms with Gasteiger partial charge in [0.1, 0.15) is 11.3 Å². The number of hydrogen-bond acceptors (Lipinski definition) is 8. The van der Waals surface area contributed by atoms with Gasteiger partial charge in [-0.15, -0.1) is 10.8 Å². The Morgan fingerprint density at radius 3 is 2.69 bits per heavy atom. The summed E-state index contributed by atoms with van der Waals surface area (Å²) in [6.45, 7) is 0.174. The van der Waals surface area contributed by atoms with E-state index in [1.165, 1.54) is 29.7 Å². The predicted octanol–water partition coefficient (Wildman–Crippen LogP) is 2.38. The molecule has 1 fully saturated rings. The zero-order valence-electron chi connectivity index (χ0n) is 18.3. The fourth-order valence-electron chi connectivity index (χ4n) is 3.81. The van der Waals surface area contributed by atoms with Crippen molar-refractivity contribution < 1.29 is 28.2 Å². The number of carbonyl (C=O) groups is 2. The van der Waals surface area contributed by atoms with Gasteiger partial charge in [-0.25, -0.2) is 9.37 Å². The van der Waals surface area contributed by atoms with Crippen LogP contribution in [0.5, 0.6) is 5.75 Å². The maximum atomic E-state index is 13.6. The number of rotatable bonds is 5. The first-order valence-corrected chi connectivity index (χ1v) is 12.2. The molecular weight excluding hydrogens is 488 g/mol. The molecule has 0 aliphatic carbocycles. The number of benzene rings is 1. The van der Waals surface area contributed by atoms with Gasteiger partial charge in [0.2, 0.25) is 0 Å². The number of hydrogen-bond donors (Lipinski definition) is 5. The maximum absolute atomic E-state index is 13.6. The molecule has 1 aliphatic rings. The van der Waals surface area contributed by atoms with E-state index in [-0.39, 0.29) is 64.4 Å². The molecule has 182 valence electrons. The van der Waals surface area contributed by atoms with Crippen LogP contribution in [0, 0.1) is 5.82 Å². The number of nitrogens with zero attached hydrogens (tertiary/aromatic N) is 3. The summed E-state index contributed by atoms with van der Waals surface area (Å²) >= 11 is 0. The molecule has 0 bridgehead atoms. The predicted molar refractivity (Wildman–Crippen MR) is 134 cm³/mol. The minimum absolute atomic E-state index is 0. The number of anilines is 1. The van der Waals surface area contributed by atoms with Crippen molar-refractivity contribution in [2.45, 2.75) is 19.4 Å². The van der Waals surface area contributed by atoms with Crippen LogP contribution in [0.15, 0.2) is 36.5 Å². The van der Waals surface area contributed by atoms with Crippen molar-refractivity contribution in [3.63, 3.8) is 0 Å². The van der Waals surface area contributed by atoms with Crippen molar-refractivity contribution in [3.8, 4) is 5.75 Å². The summed E-state index contributed by atoms with van der Waals surface area (Å²) in [5.74, 6) is -2.04. The second-order valence-electron chi connectivity index (χ2n) is 7.74. The van der Waals surface area contributed by atoms with Gasteiger partial charge in [-0.1, -0.05) is 6.07 Å². The van der Waals surface area contributed by atoms with E-state index in [1.807, 2.05) is 0 Å². The van der Waals surface area contributed by atoms with E-state index in [2.05, 4.69) is 20.6 Å². The second-order valence-corrected chi connectivity index (χ2v) is 9.85. The van der Waals surface area contributed by atoms with Crippen molar-refractivity contribution in [2.24, 2.45) is 0 Å². The standard InChI is InChI=1S/C22H24FN5O5S.Na.H/c1-24-21(30)16-11-14(23)7-6-13(16)12-26-22(31)18-19(29)17-15(5-4-8-25-17)20(27-18)28-9-2-3-10-34(28,32)33;;/h4-8,11,29,32-33H,2-3,9-10,12H2,1H3,(H,24,30)(H,26,31);;. The number of aromatic hydroxyl groups is 1. The molecule has 35 heavy (non-hydrogen) atoms. The van der Waals surface area contributed by atoms with E-state index in [1.54, 1.807) is 12.1 Å². The van der Waals surface area contributed by atoms with Crippen molar-refractivity contribution >= 4 is 68.9 Å². The Hall–Kier alpha value is -2.48. The van der Waals surface area contributed by atoms with Crippen molar-refractivity contribution in [2.75, 3.05) is 23.7 Å². The number of aromatic nitrogens is 2. The fourth-order valence-corrected chi connectivity index (χ4v) is 5.46. The van der Waals surface area contributed by atoms with Gasteiger partial charge in [0, 0.05) is 37.3 Å². The van der Waals surface area contributed by atoms with Gasteiger partial charge in [0.05, 0.1) is 5.75 Å². The van der Waals surface area contributed by atoms with Gasteiger partial charge < -0.3 is 15.7 Å². The Kier molecular flexibility index (Phi) is 8.57. The number of halogens is 1. The molecule has 0 radical (unpaired) electrons. The van der Waals surface area contributed by atoms with Crippen LogP contribution in [0.3, 0.4) is 0 Å². The van der Waals surface area contributed by atoms with Gasteiger partial charge in [-0.05, 0) is 42.7 Å². The Morgan fingerprint density at radius 1 is 1.20 bits per heavy atom. The Labute approximate surface area is 224 Å². The number of fused-ring (bicyclic) bond motifs is 1. The zero-order chi connectivity index (χ0) is 24.5. The monoisotopic (exact) mass is 513 g/mol. The molecule has 1 aromatic carbocycles. The molecule has 3 aromatic rings. The first kappa shape index (κ1) is 27.1. The third kappa shape index (κ3) is 5.52. The topological polar surface area (TPSA) is 148 Å². The summed E-state index contributed by atoms with van der Waals surface area (Å²) in [6.07, 6.45) is 2.79. The molecule has 5 N–H and O–H groups in total. The zero-order valence-corrected chi connectivity index (χ0v) is 19.1. The van der Waals surface area contributed by atoms with Gasteiger partial charge >= 0.3 is 29.6 Å². The second kappa shape index (κ2) is 11.1. The molecule has 0 unspecified atom stereocenters. The van der Waals surface area contributed by atoms with Gasteiger partial charge in [-0.3, -0.25) is 28.0 Å². The third-order valence-electron chi connectivity index (χ3n) is 5.53. The molecule has 1 aliphatic heterocycles. The third-order valence-corrected chi connectivity index (χ3v) is 7.43. The first-order chi connectivity index (χ1) is 16.2. The summed E-state index contributed by atoms with van der Waals surface area (Å²) in [6, 6.07) is 6.86. The van der Waals surface area contributed by atoms with Crippen LogP contribution >= 0.6 is 10.8 Å². The summed E-state index contributed by atoms with van der Waals surface area (Å²) in [4.78, 5) is 33.6. The quantitative estimate of drug-likeness (QED) is 0.327. The van der Waals surface area contributed by atoms with Gasteiger partial charge in [0.15, 0.2) is 17.3 Å². The van der Waals surface area contributed by atoms with E-state index in [0.717, 1.165) is 6.07 Å². The molecule has 10 nitrogen and oxygen atoms in total. The molecule has 2 aromatic heterocycles. The summed E-state index contributed by atoms with van der Waals surface area (Å²) in [5, 5.41) is 16.1. The van der Waals surface area contributed by atoms with Crippen LogP contribution in [-0.2, 0) is 6.54 Å². The molecular formula is C22H25FN5NaO5S. The van der Waals surface area contributed by atoms with Crippen LogP contribution in [0.4, 0.5) is 10.2 Å². The normalized spacial score (nSPS) is 15.7. The Balaban J connectivity index is 0.00000342. The molecule has 1 saturated heterocycles. The van der Waals surface area contributed by atoms with Crippen LogP contribution < -0.4 is 14.9 Å². The minimum atomic E-state index is -3.15. The number of amides is 2. The summed E-state index contributed by atoms with van der Waals surface area (Å²) < 4.78 is 36.2. The van der Waals surface area contributed by atoms with E-state index in [0.29, 0.717) is 30.3 Å². The van der Waals surface area contributed by atoms with Crippen LogP contribution in [-0.4, -0.2) is 84.9 Å². The van der Waals surface area contributed by atoms with Crippen LogP contribution in [0.2, 0.25) is 0 Å². The van der Waals surface area contributed by atoms with Crippen LogP contribution in [0.1, 0.15) is 39.3 Å². The van der Waals surface area contributed by atoms with E-state index < -0.39 is 34.2 Å². The van der Waals surface area contributed by atoms with E-state index in [9.17, 15) is 28.2 Å². The molecule has 0 atom stereocenters. The van der Waals surface area contributed by atoms with Gasteiger partial charge in [-0.2, -0.15) is 0 Å². The van der Waals surface area contributed by atoms with Crippen molar-refractivity contribution in [1.29, 1.82) is 0 Å². The molecule has 4 rings (SSSR count). The summed E-state index contributed by atoms with van der Waals surface area (Å²) in [7, 11) is -1.74. The fraction of sp³-hybridized carbons (Fsp3) is 0.273. The van der Waals surface area contributed by atoms with E-state index in [4.69, 9.17) is 0 Å². The molecule has 13 heteroatoms. The van der Waals surface area contributed by atoms with Crippen molar-refractivity contribution in [1.82, 2.24) is 20.6 Å². The molecule has 3 heterocycles. The van der Waals surface area contributed by atoms with E-state index >= 15 is 0 Å². The SMILES string of the molecule is CNC(=O)c1cc(F)ccc1CNC(=O)c1nc(N2CCCCS2(O)O)c2cccnc2c1O.[NaH]. The Bertz CT molecular complexity index is 1280. The first-order valence-electron chi connectivity index (χ1n) is 10.5. The average molecular weight is 514 g/mol. The number of carbonyl (C=O) groups excluding carboxylic acids is 2. The average Bonchev–Trinajstić information content (AvgIpc) is 2.83. The number of nitrogens with one attached hydrogen (secondary N) is 2. The summed E-state index contributed by atoms with van der Waals surface area (Å²) in [5.41, 5.74) is 0.151. The van der Waals surface area contributed by atoms with Crippen molar-refractivity contribution in [3.05, 3.63) is 59.2 Å². The molecule has 0 saturated carbocycles. The molecule has 2 amide bonds. The Morgan fingerprint density at radius 2 is 1.97 bits per heavy atom. The van der Waals surface area contributed by atoms with Crippen LogP contribution in [0.25, 0.3) is 10.9 Å².